The molecule has 0 unspecified atom stereocenters. The summed E-state index contributed by atoms with van der Waals surface area (Å²) >= 11 is 3.34. The van der Waals surface area contributed by atoms with Gasteiger partial charge in [0.25, 0.3) is 0 Å². The quantitative estimate of drug-likeness (QED) is 0.478. The van der Waals surface area contributed by atoms with Crippen molar-refractivity contribution in [3.05, 3.63) is 59.1 Å². The molecule has 0 saturated carbocycles. The largest absolute Gasteiger partial charge is 0.490 e. The lowest BCUT2D eigenvalue weighted by atomic mass is 9.98. The molecule has 2 aliphatic heterocycles. The van der Waals surface area contributed by atoms with Crippen LogP contribution in [0, 0.1) is 11.7 Å². The van der Waals surface area contributed by atoms with E-state index in [1.807, 2.05) is 0 Å². The summed E-state index contributed by atoms with van der Waals surface area (Å²) in [4.78, 5) is 11.0. The number of hydrogen-bond acceptors (Lipinski definition) is 7. The molecule has 0 aliphatic carbocycles. The molecule has 33 heavy (non-hydrogen) atoms. The number of nitrogens with zero attached hydrogens (tertiary/aromatic N) is 3. The summed E-state index contributed by atoms with van der Waals surface area (Å²) in [6.07, 6.45) is 5.30. The Balaban J connectivity index is 1.19. The maximum atomic E-state index is 14.7. The zero-order valence-electron chi connectivity index (χ0n) is 17.6. The van der Waals surface area contributed by atoms with E-state index in [9.17, 15) is 12.8 Å². The van der Waals surface area contributed by atoms with E-state index >= 15 is 0 Å². The molecule has 0 radical (unpaired) electrons. The predicted molar refractivity (Wildman–Crippen MR) is 125 cm³/mol. The molecule has 2 aromatic carbocycles. The summed E-state index contributed by atoms with van der Waals surface area (Å²) in [5.41, 5.74) is 1.30. The first-order valence-electron chi connectivity index (χ1n) is 10.5. The van der Waals surface area contributed by atoms with E-state index in [1.165, 1.54) is 12.1 Å². The smallest absolute Gasteiger partial charge is 0.225 e. The monoisotopic (exact) mass is 533 g/mol. The number of piperidine rings is 1. The predicted octanol–water partition coefficient (Wildman–Crippen LogP) is 4.46. The fourth-order valence-corrected chi connectivity index (χ4v) is 5.35. The van der Waals surface area contributed by atoms with Crippen molar-refractivity contribution in [2.75, 3.05) is 30.5 Å². The van der Waals surface area contributed by atoms with Gasteiger partial charge in [0.2, 0.25) is 15.8 Å². The van der Waals surface area contributed by atoms with Crippen LogP contribution in [0.25, 0.3) is 11.1 Å². The zero-order chi connectivity index (χ0) is 23.0. The van der Waals surface area contributed by atoms with E-state index in [-0.39, 0.29) is 16.6 Å². The Hall–Kier alpha value is -2.72. The molecular formula is C23H21BrFN3O4S. The van der Waals surface area contributed by atoms with Crippen LogP contribution in [0.1, 0.15) is 12.8 Å². The maximum Gasteiger partial charge on any atom is 0.225 e. The van der Waals surface area contributed by atoms with Crippen LogP contribution in [0.5, 0.6) is 11.5 Å². The van der Waals surface area contributed by atoms with Gasteiger partial charge < -0.3 is 14.4 Å². The van der Waals surface area contributed by atoms with Crippen molar-refractivity contribution in [2.24, 2.45) is 5.92 Å². The summed E-state index contributed by atoms with van der Waals surface area (Å²) in [7, 11) is -3.39. The van der Waals surface area contributed by atoms with E-state index in [4.69, 9.17) is 9.47 Å². The first-order valence-corrected chi connectivity index (χ1v) is 13.0. The lowest BCUT2D eigenvalue weighted by molar-refractivity contribution is 0.215. The SMILES string of the molecule is O=S1(=O)COc2cc(-c3ccc(OCC4CCN(c5ncc(Br)cn5)CC4)c(F)c3)ccc21. The van der Waals surface area contributed by atoms with Crippen LogP contribution < -0.4 is 14.4 Å². The third-order valence-electron chi connectivity index (χ3n) is 5.89. The van der Waals surface area contributed by atoms with Gasteiger partial charge in [0.05, 0.1) is 11.1 Å². The number of rotatable bonds is 5. The third-order valence-corrected chi connectivity index (χ3v) is 7.74. The van der Waals surface area contributed by atoms with Gasteiger partial charge in [-0.1, -0.05) is 12.1 Å². The van der Waals surface area contributed by atoms with Gasteiger partial charge in [0.1, 0.15) is 10.6 Å². The Morgan fingerprint density at radius 1 is 1.09 bits per heavy atom. The van der Waals surface area contributed by atoms with Crippen LogP contribution in [-0.2, 0) is 9.84 Å². The third kappa shape index (κ3) is 4.67. The van der Waals surface area contributed by atoms with E-state index in [1.54, 1.807) is 36.7 Å². The Morgan fingerprint density at radius 2 is 1.79 bits per heavy atom. The average Bonchev–Trinajstić information content (AvgIpc) is 3.13. The van der Waals surface area contributed by atoms with Gasteiger partial charge in [-0.05, 0) is 70.1 Å². The van der Waals surface area contributed by atoms with Gasteiger partial charge in [-0.25, -0.2) is 22.8 Å². The highest BCUT2D eigenvalue weighted by Crippen LogP contribution is 2.36. The topological polar surface area (TPSA) is 81.6 Å². The minimum atomic E-state index is -3.39. The van der Waals surface area contributed by atoms with Gasteiger partial charge in [0.15, 0.2) is 17.5 Å². The highest BCUT2D eigenvalue weighted by Gasteiger charge is 2.28. The van der Waals surface area contributed by atoms with Crippen molar-refractivity contribution in [3.8, 4) is 22.6 Å². The van der Waals surface area contributed by atoms with E-state index in [0.717, 1.165) is 30.4 Å². The summed E-state index contributed by atoms with van der Waals surface area (Å²) in [6.45, 7) is 2.09. The second-order valence-corrected chi connectivity index (χ2v) is 10.9. The number of ether oxygens (including phenoxy) is 2. The van der Waals surface area contributed by atoms with Gasteiger partial charge in [0, 0.05) is 25.5 Å². The van der Waals surface area contributed by atoms with Gasteiger partial charge in [-0.3, -0.25) is 0 Å². The van der Waals surface area contributed by atoms with Gasteiger partial charge >= 0.3 is 0 Å². The molecule has 0 bridgehead atoms. The summed E-state index contributed by atoms with van der Waals surface area (Å²) in [5.74, 6) is 0.732. The molecule has 0 amide bonds. The summed E-state index contributed by atoms with van der Waals surface area (Å²) in [6, 6.07) is 9.55. The first-order chi connectivity index (χ1) is 15.9. The highest BCUT2D eigenvalue weighted by atomic mass is 79.9. The van der Waals surface area contributed by atoms with Crippen LogP contribution in [-0.4, -0.2) is 44.0 Å². The number of hydrogen-bond donors (Lipinski definition) is 0. The molecule has 1 aromatic heterocycles. The maximum absolute atomic E-state index is 14.7. The van der Waals surface area contributed by atoms with Crippen molar-refractivity contribution >= 4 is 31.7 Å². The minimum absolute atomic E-state index is 0.171. The second kappa shape index (κ2) is 8.90. The number of aromatic nitrogens is 2. The molecule has 3 heterocycles. The summed E-state index contributed by atoms with van der Waals surface area (Å²) in [5, 5.41) is 0. The van der Waals surface area contributed by atoms with Crippen LogP contribution in [0.2, 0.25) is 0 Å². The second-order valence-electron chi connectivity index (χ2n) is 8.13. The van der Waals surface area contributed by atoms with Gasteiger partial charge in [-0.15, -0.1) is 0 Å². The molecule has 0 spiro atoms. The molecule has 10 heteroatoms. The summed E-state index contributed by atoms with van der Waals surface area (Å²) < 4.78 is 50.4. The fourth-order valence-electron chi connectivity index (χ4n) is 4.04. The van der Waals surface area contributed by atoms with Crippen molar-refractivity contribution in [2.45, 2.75) is 17.7 Å². The van der Waals surface area contributed by atoms with Crippen LogP contribution in [0.3, 0.4) is 0 Å². The van der Waals surface area contributed by atoms with Crippen molar-refractivity contribution in [1.82, 2.24) is 9.97 Å². The van der Waals surface area contributed by atoms with Crippen LogP contribution in [0.4, 0.5) is 10.3 Å². The Bertz CT molecular complexity index is 1280. The number of fused-ring (bicyclic) bond motifs is 1. The number of sulfone groups is 1. The average molecular weight is 534 g/mol. The normalized spacial score (nSPS) is 17.5. The molecule has 1 fully saturated rings. The molecule has 5 rings (SSSR count). The molecule has 172 valence electrons. The lowest BCUT2D eigenvalue weighted by Crippen LogP contribution is -2.36. The molecule has 1 saturated heterocycles. The van der Waals surface area contributed by atoms with E-state index in [2.05, 4.69) is 30.8 Å². The standard InChI is InChI=1S/C23H21BrFN3O4S/c24-18-11-26-23(27-12-18)28-7-5-15(6-8-28)13-31-20-3-1-16(9-19(20)25)17-2-4-22-21(10-17)32-14-33(22,29)30/h1-4,9-12,15H,5-8,13-14H2. The van der Waals surface area contributed by atoms with Crippen molar-refractivity contribution < 1.29 is 22.3 Å². The lowest BCUT2D eigenvalue weighted by Gasteiger charge is -2.31. The molecular weight excluding hydrogens is 513 g/mol. The fraction of sp³-hybridized carbons (Fsp3) is 0.304. The molecule has 0 atom stereocenters. The zero-order valence-corrected chi connectivity index (χ0v) is 20.0. The minimum Gasteiger partial charge on any atom is -0.490 e. The Kier molecular flexibility index (Phi) is 5.96. The molecule has 7 nitrogen and oxygen atoms in total. The van der Waals surface area contributed by atoms with Crippen molar-refractivity contribution in [3.63, 3.8) is 0 Å². The number of benzene rings is 2. The van der Waals surface area contributed by atoms with E-state index in [0.29, 0.717) is 35.3 Å². The van der Waals surface area contributed by atoms with E-state index < -0.39 is 15.7 Å². The Morgan fingerprint density at radius 3 is 2.52 bits per heavy atom. The number of anilines is 1. The highest BCUT2D eigenvalue weighted by molar-refractivity contribution is 9.10. The first kappa shape index (κ1) is 22.1. The Labute approximate surface area is 199 Å². The van der Waals surface area contributed by atoms with Crippen LogP contribution >= 0.6 is 15.9 Å². The van der Waals surface area contributed by atoms with Gasteiger partial charge in [-0.2, -0.15) is 0 Å². The molecule has 0 N–H and O–H groups in total. The van der Waals surface area contributed by atoms with Crippen LogP contribution in [0.15, 0.2) is 58.2 Å². The molecule has 2 aliphatic rings. The van der Waals surface area contributed by atoms with Crippen molar-refractivity contribution in [1.29, 1.82) is 0 Å². The molecule has 3 aromatic rings. The number of halogens is 2.